The van der Waals surface area contributed by atoms with Crippen molar-refractivity contribution in [3.8, 4) is 11.5 Å². The minimum absolute atomic E-state index is 0.321. The predicted molar refractivity (Wildman–Crippen MR) is 76.3 cm³/mol. The highest BCUT2D eigenvalue weighted by Crippen LogP contribution is 2.24. The fraction of sp³-hybridized carbons (Fsp3) is 0.250. The lowest BCUT2D eigenvalue weighted by atomic mass is 10.2. The van der Waals surface area contributed by atoms with Gasteiger partial charge < -0.3 is 9.47 Å². The minimum Gasteiger partial charge on any atom is -0.497 e. The number of aldehydes is 1. The van der Waals surface area contributed by atoms with Crippen LogP contribution in [0.15, 0.2) is 36.4 Å². The maximum Gasteiger partial charge on any atom is 0.153 e. The van der Waals surface area contributed by atoms with Gasteiger partial charge in [-0.05, 0) is 30.7 Å². The van der Waals surface area contributed by atoms with Gasteiger partial charge in [0.1, 0.15) is 18.1 Å². The van der Waals surface area contributed by atoms with E-state index in [9.17, 15) is 4.79 Å². The Bertz CT molecular complexity index is 596. The van der Waals surface area contributed by atoms with Crippen LogP contribution in [0.25, 0.3) is 0 Å². The topological polar surface area (TPSA) is 48.4 Å². The van der Waals surface area contributed by atoms with Gasteiger partial charge in [-0.25, -0.2) is 0 Å². The Kier molecular flexibility index (Phi) is 4.71. The monoisotopic (exact) mass is 271 g/mol. The summed E-state index contributed by atoms with van der Waals surface area (Å²) in [7, 11) is 1.58. The van der Waals surface area contributed by atoms with Crippen LogP contribution in [-0.2, 0) is 13.0 Å². The number of ether oxygens (including phenoxy) is 2. The molecule has 0 unspecified atom stereocenters. The summed E-state index contributed by atoms with van der Waals surface area (Å²) in [5.74, 6) is 1.16. The normalized spacial score (nSPS) is 10.1. The summed E-state index contributed by atoms with van der Waals surface area (Å²) in [5.41, 5.74) is 2.36. The molecule has 20 heavy (non-hydrogen) atoms. The SMILES string of the molecule is CCc1cccc(COc2cc(OC)ccc2C=O)n1. The molecule has 4 nitrogen and oxygen atoms in total. The van der Waals surface area contributed by atoms with Crippen molar-refractivity contribution in [1.82, 2.24) is 4.98 Å². The molecule has 2 aromatic rings. The zero-order valence-electron chi connectivity index (χ0n) is 11.6. The Balaban J connectivity index is 2.14. The van der Waals surface area contributed by atoms with Gasteiger partial charge in [-0.2, -0.15) is 0 Å². The molecule has 0 saturated carbocycles. The molecule has 0 aliphatic carbocycles. The van der Waals surface area contributed by atoms with Crippen LogP contribution in [-0.4, -0.2) is 18.4 Å². The molecule has 0 amide bonds. The molecule has 0 radical (unpaired) electrons. The van der Waals surface area contributed by atoms with Crippen molar-refractivity contribution in [2.75, 3.05) is 7.11 Å². The molecule has 1 aromatic carbocycles. The summed E-state index contributed by atoms with van der Waals surface area (Å²) in [4.78, 5) is 15.5. The summed E-state index contributed by atoms with van der Waals surface area (Å²) in [6.45, 7) is 2.38. The summed E-state index contributed by atoms with van der Waals surface area (Å²) >= 11 is 0. The largest absolute Gasteiger partial charge is 0.497 e. The molecule has 2 rings (SSSR count). The van der Waals surface area contributed by atoms with Crippen LogP contribution in [0, 0.1) is 0 Å². The van der Waals surface area contributed by atoms with Gasteiger partial charge in [-0.15, -0.1) is 0 Å². The van der Waals surface area contributed by atoms with E-state index in [4.69, 9.17) is 9.47 Å². The first-order chi connectivity index (χ1) is 9.76. The van der Waals surface area contributed by atoms with E-state index in [2.05, 4.69) is 11.9 Å². The quantitative estimate of drug-likeness (QED) is 0.758. The third-order valence-electron chi connectivity index (χ3n) is 2.95. The highest BCUT2D eigenvalue weighted by Gasteiger charge is 2.06. The number of methoxy groups -OCH3 is 1. The van der Waals surface area contributed by atoms with Crippen LogP contribution in [0.3, 0.4) is 0 Å². The fourth-order valence-electron chi connectivity index (χ4n) is 1.82. The lowest BCUT2D eigenvalue weighted by molar-refractivity contribution is 0.111. The third-order valence-corrected chi connectivity index (χ3v) is 2.95. The number of hydrogen-bond acceptors (Lipinski definition) is 4. The lowest BCUT2D eigenvalue weighted by Crippen LogP contribution is -2.02. The molecule has 0 atom stereocenters. The first kappa shape index (κ1) is 14.1. The van der Waals surface area contributed by atoms with E-state index in [0.717, 1.165) is 24.1 Å². The zero-order chi connectivity index (χ0) is 14.4. The van der Waals surface area contributed by atoms with Crippen molar-refractivity contribution < 1.29 is 14.3 Å². The maximum absolute atomic E-state index is 11.0. The lowest BCUT2D eigenvalue weighted by Gasteiger charge is -2.10. The van der Waals surface area contributed by atoms with E-state index in [1.54, 1.807) is 25.3 Å². The van der Waals surface area contributed by atoms with Crippen LogP contribution in [0.4, 0.5) is 0 Å². The molecule has 0 aliphatic rings. The summed E-state index contributed by atoms with van der Waals surface area (Å²) < 4.78 is 10.8. The Morgan fingerprint density at radius 2 is 2.00 bits per heavy atom. The van der Waals surface area contributed by atoms with Gasteiger partial charge in [0.15, 0.2) is 6.29 Å². The van der Waals surface area contributed by atoms with Gasteiger partial charge in [0.2, 0.25) is 0 Å². The van der Waals surface area contributed by atoms with Crippen molar-refractivity contribution >= 4 is 6.29 Å². The molecule has 1 heterocycles. The Morgan fingerprint density at radius 1 is 1.20 bits per heavy atom. The molecule has 0 aliphatic heterocycles. The molecule has 0 N–H and O–H groups in total. The Hall–Kier alpha value is -2.36. The molecular weight excluding hydrogens is 254 g/mol. The van der Waals surface area contributed by atoms with E-state index in [0.29, 0.717) is 23.7 Å². The molecule has 104 valence electrons. The van der Waals surface area contributed by atoms with Gasteiger partial charge in [0.25, 0.3) is 0 Å². The van der Waals surface area contributed by atoms with Gasteiger partial charge >= 0.3 is 0 Å². The second kappa shape index (κ2) is 6.70. The van der Waals surface area contributed by atoms with E-state index in [1.165, 1.54) is 0 Å². The number of hydrogen-bond donors (Lipinski definition) is 0. The van der Waals surface area contributed by atoms with Crippen LogP contribution >= 0.6 is 0 Å². The number of carbonyl (C=O) groups excluding carboxylic acids is 1. The number of rotatable bonds is 6. The predicted octanol–water partition coefficient (Wildman–Crippen LogP) is 3.04. The smallest absolute Gasteiger partial charge is 0.153 e. The van der Waals surface area contributed by atoms with Crippen molar-refractivity contribution in [2.45, 2.75) is 20.0 Å². The molecule has 4 heteroatoms. The highest BCUT2D eigenvalue weighted by atomic mass is 16.5. The van der Waals surface area contributed by atoms with Crippen molar-refractivity contribution in [3.63, 3.8) is 0 Å². The standard InChI is InChI=1S/C16H17NO3/c1-3-13-5-4-6-14(17-13)11-20-16-9-15(19-2)8-7-12(16)10-18/h4-10H,3,11H2,1-2H3. The first-order valence-electron chi connectivity index (χ1n) is 6.47. The molecule has 0 fully saturated rings. The maximum atomic E-state index is 11.0. The van der Waals surface area contributed by atoms with Crippen LogP contribution in [0.1, 0.15) is 28.7 Å². The van der Waals surface area contributed by atoms with E-state index in [1.807, 2.05) is 18.2 Å². The highest BCUT2D eigenvalue weighted by molar-refractivity contribution is 5.79. The molecular formula is C16H17NO3. The van der Waals surface area contributed by atoms with Crippen molar-refractivity contribution in [1.29, 1.82) is 0 Å². The van der Waals surface area contributed by atoms with Crippen molar-refractivity contribution in [3.05, 3.63) is 53.3 Å². The second-order valence-corrected chi connectivity index (χ2v) is 4.28. The zero-order valence-corrected chi connectivity index (χ0v) is 11.6. The molecule has 0 bridgehead atoms. The van der Waals surface area contributed by atoms with Crippen LogP contribution < -0.4 is 9.47 Å². The van der Waals surface area contributed by atoms with Crippen LogP contribution in [0.2, 0.25) is 0 Å². The van der Waals surface area contributed by atoms with Gasteiger partial charge in [0, 0.05) is 11.8 Å². The summed E-state index contributed by atoms with van der Waals surface area (Å²) in [6.07, 6.45) is 1.65. The number of aryl methyl sites for hydroxylation is 1. The number of carbonyl (C=O) groups is 1. The number of nitrogens with zero attached hydrogens (tertiary/aromatic N) is 1. The molecule has 0 saturated heterocycles. The van der Waals surface area contributed by atoms with Gasteiger partial charge in [0.05, 0.1) is 18.4 Å². The van der Waals surface area contributed by atoms with Crippen LogP contribution in [0.5, 0.6) is 11.5 Å². The van der Waals surface area contributed by atoms with E-state index >= 15 is 0 Å². The van der Waals surface area contributed by atoms with Gasteiger partial charge in [-0.3, -0.25) is 9.78 Å². The van der Waals surface area contributed by atoms with Gasteiger partial charge in [-0.1, -0.05) is 13.0 Å². The Morgan fingerprint density at radius 3 is 2.70 bits per heavy atom. The number of pyridine rings is 1. The third kappa shape index (κ3) is 3.35. The number of aromatic nitrogens is 1. The van der Waals surface area contributed by atoms with Crippen molar-refractivity contribution in [2.24, 2.45) is 0 Å². The first-order valence-corrected chi connectivity index (χ1v) is 6.47. The van der Waals surface area contributed by atoms with E-state index in [-0.39, 0.29) is 0 Å². The minimum atomic E-state index is 0.321. The fourth-order valence-corrected chi connectivity index (χ4v) is 1.82. The Labute approximate surface area is 118 Å². The van der Waals surface area contributed by atoms with E-state index < -0.39 is 0 Å². The molecule has 0 spiro atoms. The summed E-state index contributed by atoms with van der Waals surface area (Å²) in [6, 6.07) is 10.9. The molecule has 1 aromatic heterocycles. The second-order valence-electron chi connectivity index (χ2n) is 4.28. The summed E-state index contributed by atoms with van der Waals surface area (Å²) in [5, 5.41) is 0. The number of benzene rings is 1. The average Bonchev–Trinajstić information content (AvgIpc) is 2.52. The average molecular weight is 271 g/mol.